The van der Waals surface area contributed by atoms with E-state index in [9.17, 15) is 0 Å². The summed E-state index contributed by atoms with van der Waals surface area (Å²) in [6.45, 7) is -0.474. The van der Waals surface area contributed by atoms with Gasteiger partial charge in [-0.3, -0.25) is 0 Å². The molecule has 14 heavy (non-hydrogen) atoms. The molecule has 78 valence electrons. The quantitative estimate of drug-likeness (QED) is 0.645. The van der Waals surface area contributed by atoms with Gasteiger partial charge in [0.05, 0.1) is 26.9 Å². The number of ether oxygens (including phenoxy) is 1. The van der Waals surface area contributed by atoms with E-state index in [1.165, 1.54) is 7.11 Å². The first kappa shape index (κ1) is 11.0. The van der Waals surface area contributed by atoms with Crippen molar-refractivity contribution in [1.82, 2.24) is 0 Å². The average Bonchev–Trinajstić information content (AvgIpc) is 2.26. The molecule has 0 saturated carbocycles. The molecule has 4 heteroatoms. The lowest BCUT2D eigenvalue weighted by molar-refractivity contribution is 0.257. The molecule has 0 amide bonds. The fraction of sp³-hybridized carbons (Fsp3) is 0.400. The van der Waals surface area contributed by atoms with Gasteiger partial charge in [-0.25, -0.2) is 0 Å². The van der Waals surface area contributed by atoms with E-state index < -0.39 is 0 Å². The standard InChI is InChI=1S/C10H14O4/c1-14-10-8(5-12)2-7(4-11)3-9(10)6-13/h2-3,11-13H,4-6H2,1H3. The molecule has 0 heterocycles. The molecule has 1 aromatic rings. The summed E-state index contributed by atoms with van der Waals surface area (Å²) in [4.78, 5) is 0. The van der Waals surface area contributed by atoms with E-state index in [-0.39, 0.29) is 19.8 Å². The first-order valence-electron chi connectivity index (χ1n) is 4.28. The van der Waals surface area contributed by atoms with Crippen molar-refractivity contribution in [3.05, 3.63) is 28.8 Å². The molecular weight excluding hydrogens is 184 g/mol. The third kappa shape index (κ3) is 2.04. The Morgan fingerprint density at radius 2 is 1.50 bits per heavy atom. The summed E-state index contributed by atoms with van der Waals surface area (Å²) in [5.74, 6) is 0.479. The van der Waals surface area contributed by atoms with Gasteiger partial charge in [0, 0.05) is 11.1 Å². The van der Waals surface area contributed by atoms with Crippen molar-refractivity contribution in [2.45, 2.75) is 19.8 Å². The van der Waals surface area contributed by atoms with Crippen LogP contribution in [-0.2, 0) is 19.8 Å². The fourth-order valence-electron chi connectivity index (χ4n) is 1.41. The Bertz CT molecular complexity index is 284. The lowest BCUT2D eigenvalue weighted by Crippen LogP contribution is -2.00. The molecule has 3 N–H and O–H groups in total. The van der Waals surface area contributed by atoms with Crippen LogP contribution >= 0.6 is 0 Å². The van der Waals surface area contributed by atoms with Gasteiger partial charge in [-0.1, -0.05) is 0 Å². The number of benzene rings is 1. The zero-order valence-electron chi connectivity index (χ0n) is 8.03. The molecule has 0 radical (unpaired) electrons. The summed E-state index contributed by atoms with van der Waals surface area (Å²) in [5.41, 5.74) is 1.80. The molecule has 0 aliphatic rings. The summed E-state index contributed by atoms with van der Waals surface area (Å²) in [7, 11) is 1.48. The Morgan fingerprint density at radius 3 is 1.79 bits per heavy atom. The van der Waals surface area contributed by atoms with Crippen molar-refractivity contribution in [2.24, 2.45) is 0 Å². The molecule has 1 rings (SSSR count). The minimum absolute atomic E-state index is 0.121. The molecule has 0 atom stereocenters. The van der Waals surface area contributed by atoms with Crippen molar-refractivity contribution >= 4 is 0 Å². The zero-order chi connectivity index (χ0) is 10.6. The van der Waals surface area contributed by atoms with E-state index >= 15 is 0 Å². The maximum absolute atomic E-state index is 9.05. The van der Waals surface area contributed by atoms with E-state index in [1.807, 2.05) is 0 Å². The molecule has 0 aliphatic heterocycles. The highest BCUT2D eigenvalue weighted by Gasteiger charge is 2.09. The first-order chi connectivity index (χ1) is 6.76. The third-order valence-corrected chi connectivity index (χ3v) is 2.03. The van der Waals surface area contributed by atoms with E-state index in [1.54, 1.807) is 12.1 Å². The Balaban J connectivity index is 3.24. The lowest BCUT2D eigenvalue weighted by atomic mass is 10.0. The smallest absolute Gasteiger partial charge is 0.129 e. The number of aliphatic hydroxyl groups excluding tert-OH is 3. The van der Waals surface area contributed by atoms with Crippen molar-refractivity contribution in [2.75, 3.05) is 7.11 Å². The molecule has 0 spiro atoms. The lowest BCUT2D eigenvalue weighted by Gasteiger charge is -2.12. The molecule has 0 saturated heterocycles. The molecule has 0 bridgehead atoms. The van der Waals surface area contributed by atoms with Gasteiger partial charge in [-0.2, -0.15) is 0 Å². The molecule has 0 aliphatic carbocycles. The Morgan fingerprint density at radius 1 is 1.00 bits per heavy atom. The summed E-state index contributed by atoms with van der Waals surface area (Å²) < 4.78 is 5.06. The van der Waals surface area contributed by atoms with Gasteiger partial charge in [0.1, 0.15) is 5.75 Å². The highest BCUT2D eigenvalue weighted by atomic mass is 16.5. The molecular formula is C10H14O4. The van der Waals surface area contributed by atoms with E-state index in [4.69, 9.17) is 20.1 Å². The van der Waals surface area contributed by atoms with Gasteiger partial charge in [-0.15, -0.1) is 0 Å². The number of hydrogen-bond donors (Lipinski definition) is 3. The highest BCUT2D eigenvalue weighted by Crippen LogP contribution is 2.26. The molecule has 0 fully saturated rings. The van der Waals surface area contributed by atoms with Crippen LogP contribution in [0, 0.1) is 0 Å². The van der Waals surface area contributed by atoms with Crippen LogP contribution in [0.3, 0.4) is 0 Å². The second kappa shape index (κ2) is 4.95. The Kier molecular flexibility index (Phi) is 3.88. The van der Waals surface area contributed by atoms with Gasteiger partial charge in [0.2, 0.25) is 0 Å². The maximum atomic E-state index is 9.05. The maximum Gasteiger partial charge on any atom is 0.129 e. The van der Waals surface area contributed by atoms with E-state index in [0.717, 1.165) is 0 Å². The van der Waals surface area contributed by atoms with Crippen LogP contribution in [0.4, 0.5) is 0 Å². The van der Waals surface area contributed by atoms with Crippen LogP contribution in [0.2, 0.25) is 0 Å². The van der Waals surface area contributed by atoms with Crippen molar-refractivity contribution in [1.29, 1.82) is 0 Å². The zero-order valence-corrected chi connectivity index (χ0v) is 8.03. The van der Waals surface area contributed by atoms with Gasteiger partial charge < -0.3 is 20.1 Å². The van der Waals surface area contributed by atoms with Crippen LogP contribution in [-0.4, -0.2) is 22.4 Å². The molecule has 1 aromatic carbocycles. The average molecular weight is 198 g/mol. The summed E-state index contributed by atoms with van der Waals surface area (Å²) >= 11 is 0. The molecule has 4 nitrogen and oxygen atoms in total. The van der Waals surface area contributed by atoms with Gasteiger partial charge >= 0.3 is 0 Å². The van der Waals surface area contributed by atoms with Gasteiger partial charge in [0.25, 0.3) is 0 Å². The molecule has 0 aromatic heterocycles. The predicted octanol–water partition coefficient (Wildman–Crippen LogP) is 0.172. The molecule has 0 unspecified atom stereocenters. The second-order valence-electron chi connectivity index (χ2n) is 2.92. The van der Waals surface area contributed by atoms with Crippen LogP contribution in [0.25, 0.3) is 0 Å². The number of methoxy groups -OCH3 is 1. The monoisotopic (exact) mass is 198 g/mol. The Hall–Kier alpha value is -1.10. The minimum atomic E-state index is -0.177. The van der Waals surface area contributed by atoms with Crippen LogP contribution in [0.5, 0.6) is 5.75 Å². The third-order valence-electron chi connectivity index (χ3n) is 2.03. The number of aliphatic hydroxyl groups is 3. The number of rotatable bonds is 4. The summed E-state index contributed by atoms with van der Waals surface area (Å²) in [6, 6.07) is 3.30. The van der Waals surface area contributed by atoms with Gasteiger partial charge in [0.15, 0.2) is 0 Å². The largest absolute Gasteiger partial charge is 0.496 e. The first-order valence-corrected chi connectivity index (χ1v) is 4.28. The van der Waals surface area contributed by atoms with Crippen LogP contribution in [0.15, 0.2) is 12.1 Å². The van der Waals surface area contributed by atoms with Crippen molar-refractivity contribution < 1.29 is 20.1 Å². The van der Waals surface area contributed by atoms with Crippen LogP contribution < -0.4 is 4.74 Å². The van der Waals surface area contributed by atoms with Crippen molar-refractivity contribution in [3.63, 3.8) is 0 Å². The predicted molar refractivity (Wildman–Crippen MR) is 50.8 cm³/mol. The minimum Gasteiger partial charge on any atom is -0.496 e. The normalized spacial score (nSPS) is 10.3. The Labute approximate surface area is 82.4 Å². The summed E-state index contributed by atoms with van der Waals surface area (Å²) in [6.07, 6.45) is 0. The second-order valence-corrected chi connectivity index (χ2v) is 2.92. The topological polar surface area (TPSA) is 69.9 Å². The van der Waals surface area contributed by atoms with Crippen molar-refractivity contribution in [3.8, 4) is 5.75 Å². The number of hydrogen-bond acceptors (Lipinski definition) is 4. The SMILES string of the molecule is COc1c(CO)cc(CO)cc1CO. The van der Waals surface area contributed by atoms with E-state index in [2.05, 4.69) is 0 Å². The van der Waals surface area contributed by atoms with Crippen LogP contribution in [0.1, 0.15) is 16.7 Å². The van der Waals surface area contributed by atoms with E-state index in [0.29, 0.717) is 22.4 Å². The fourth-order valence-corrected chi connectivity index (χ4v) is 1.41. The summed E-state index contributed by atoms with van der Waals surface area (Å²) in [5, 5.41) is 27.0. The van der Waals surface area contributed by atoms with Gasteiger partial charge in [-0.05, 0) is 17.7 Å². The highest BCUT2D eigenvalue weighted by molar-refractivity contribution is 5.44.